The molecule has 1 unspecified atom stereocenters. The molecule has 1 saturated heterocycles. The van der Waals surface area contributed by atoms with Crippen molar-refractivity contribution in [3.05, 3.63) is 21.3 Å². The third kappa shape index (κ3) is 3.32. The Balaban J connectivity index is 2.10. The van der Waals surface area contributed by atoms with Crippen molar-refractivity contribution >= 4 is 28.7 Å². The molecule has 0 radical (unpaired) electrons. The molecule has 0 aliphatic carbocycles. The first-order valence-electron chi connectivity index (χ1n) is 6.33. The first-order chi connectivity index (χ1) is 8.72. The van der Waals surface area contributed by atoms with E-state index >= 15 is 0 Å². The zero-order valence-electron chi connectivity index (χ0n) is 10.5. The number of hydrogen-bond acceptors (Lipinski definition) is 4. The number of rotatable bonds is 5. The molecule has 3 nitrogen and oxygen atoms in total. The summed E-state index contributed by atoms with van der Waals surface area (Å²) in [5.41, 5.74) is 0. The van der Waals surface area contributed by atoms with Crippen LogP contribution in [0.25, 0.3) is 0 Å². The van der Waals surface area contributed by atoms with Crippen molar-refractivity contribution in [2.75, 3.05) is 26.3 Å². The van der Waals surface area contributed by atoms with Gasteiger partial charge in [0.05, 0.1) is 28.5 Å². The fourth-order valence-corrected chi connectivity index (χ4v) is 3.28. The van der Waals surface area contributed by atoms with Crippen molar-refractivity contribution in [1.29, 1.82) is 0 Å². The number of hydrogen-bond donors (Lipinski definition) is 0. The molecule has 1 aromatic heterocycles. The van der Waals surface area contributed by atoms with E-state index in [-0.39, 0.29) is 11.8 Å². The molecule has 0 saturated carbocycles. The van der Waals surface area contributed by atoms with Crippen LogP contribution in [0.4, 0.5) is 0 Å². The van der Waals surface area contributed by atoms with Gasteiger partial charge in [0, 0.05) is 13.1 Å². The van der Waals surface area contributed by atoms with E-state index in [0.717, 1.165) is 44.0 Å². The van der Waals surface area contributed by atoms with E-state index < -0.39 is 0 Å². The predicted molar refractivity (Wildman–Crippen MR) is 74.7 cm³/mol. The van der Waals surface area contributed by atoms with Gasteiger partial charge in [0.2, 0.25) is 0 Å². The van der Waals surface area contributed by atoms with Crippen LogP contribution in [0.15, 0.2) is 12.1 Å². The van der Waals surface area contributed by atoms with Crippen LogP contribution in [0.2, 0.25) is 4.34 Å². The van der Waals surface area contributed by atoms with Crippen molar-refractivity contribution in [2.45, 2.75) is 25.8 Å². The number of halogens is 1. The highest BCUT2D eigenvalue weighted by Crippen LogP contribution is 2.25. The number of carbonyl (C=O) groups excluding carboxylic acids is 1. The maximum atomic E-state index is 12.5. The highest BCUT2D eigenvalue weighted by molar-refractivity contribution is 7.18. The summed E-state index contributed by atoms with van der Waals surface area (Å²) in [6.07, 6.45) is 1.90. The Bertz CT molecular complexity index is 401. The first-order valence-corrected chi connectivity index (χ1v) is 7.53. The number of Topliss-reactive ketones (excluding diaryl/α,β-unsaturated/α-hetero) is 1. The Hall–Kier alpha value is -0.420. The molecule has 0 aromatic carbocycles. The van der Waals surface area contributed by atoms with Crippen LogP contribution in [-0.4, -0.2) is 43.0 Å². The summed E-state index contributed by atoms with van der Waals surface area (Å²) in [6, 6.07) is 3.61. The SMILES string of the molecule is CCCC(C(=O)c1ccc(Cl)s1)N1CCOCC1. The van der Waals surface area contributed by atoms with Crippen LogP contribution in [0, 0.1) is 0 Å². The molecule has 2 rings (SSSR count). The van der Waals surface area contributed by atoms with Gasteiger partial charge in [-0.2, -0.15) is 0 Å². The molecule has 1 aromatic rings. The van der Waals surface area contributed by atoms with E-state index in [1.54, 1.807) is 6.07 Å². The van der Waals surface area contributed by atoms with Gasteiger partial charge in [-0.1, -0.05) is 24.9 Å². The van der Waals surface area contributed by atoms with Gasteiger partial charge in [0.1, 0.15) is 0 Å². The molecular weight excluding hydrogens is 270 g/mol. The highest BCUT2D eigenvalue weighted by Gasteiger charge is 2.28. The second-order valence-corrected chi connectivity index (χ2v) is 6.14. The molecule has 5 heteroatoms. The van der Waals surface area contributed by atoms with Crippen LogP contribution in [0.1, 0.15) is 29.4 Å². The van der Waals surface area contributed by atoms with Crippen molar-refractivity contribution in [2.24, 2.45) is 0 Å². The van der Waals surface area contributed by atoms with Crippen LogP contribution in [-0.2, 0) is 4.74 Å². The Morgan fingerprint density at radius 1 is 1.50 bits per heavy atom. The summed E-state index contributed by atoms with van der Waals surface area (Å²) in [7, 11) is 0. The predicted octanol–water partition coefficient (Wildman–Crippen LogP) is 3.09. The third-order valence-corrected chi connectivity index (χ3v) is 4.41. The van der Waals surface area contributed by atoms with Gasteiger partial charge in [-0.25, -0.2) is 0 Å². The molecule has 0 amide bonds. The van der Waals surface area contributed by atoms with Crippen LogP contribution < -0.4 is 0 Å². The van der Waals surface area contributed by atoms with Gasteiger partial charge in [-0.3, -0.25) is 9.69 Å². The van der Waals surface area contributed by atoms with Crippen LogP contribution in [0.5, 0.6) is 0 Å². The van der Waals surface area contributed by atoms with Gasteiger partial charge in [0.25, 0.3) is 0 Å². The van der Waals surface area contributed by atoms with Gasteiger partial charge >= 0.3 is 0 Å². The summed E-state index contributed by atoms with van der Waals surface area (Å²) in [4.78, 5) is 15.5. The number of ketones is 1. The van der Waals surface area contributed by atoms with Gasteiger partial charge in [-0.15, -0.1) is 11.3 Å². The lowest BCUT2D eigenvalue weighted by Gasteiger charge is -2.33. The molecule has 1 fully saturated rings. The maximum absolute atomic E-state index is 12.5. The van der Waals surface area contributed by atoms with Gasteiger partial charge < -0.3 is 4.74 Å². The molecule has 0 bridgehead atoms. The Labute approximate surface area is 117 Å². The average molecular weight is 288 g/mol. The second kappa shape index (κ2) is 6.66. The van der Waals surface area contributed by atoms with Gasteiger partial charge in [0.15, 0.2) is 5.78 Å². The summed E-state index contributed by atoms with van der Waals surface area (Å²) in [5, 5.41) is 0. The van der Waals surface area contributed by atoms with E-state index in [1.165, 1.54) is 11.3 Å². The first kappa shape index (κ1) is 14.0. The molecule has 2 heterocycles. The summed E-state index contributed by atoms with van der Waals surface area (Å²) >= 11 is 7.28. The monoisotopic (exact) mass is 287 g/mol. The molecule has 0 N–H and O–H groups in total. The van der Waals surface area contributed by atoms with Crippen LogP contribution in [0.3, 0.4) is 0 Å². The lowest BCUT2D eigenvalue weighted by molar-refractivity contribution is 0.0161. The van der Waals surface area contributed by atoms with Crippen molar-refractivity contribution in [3.8, 4) is 0 Å². The molecular formula is C13H18ClNO2S. The number of ether oxygens (including phenoxy) is 1. The number of carbonyl (C=O) groups is 1. The molecule has 1 atom stereocenters. The minimum Gasteiger partial charge on any atom is -0.379 e. The van der Waals surface area contributed by atoms with E-state index in [0.29, 0.717) is 4.34 Å². The average Bonchev–Trinajstić information content (AvgIpc) is 2.83. The van der Waals surface area contributed by atoms with Crippen LogP contribution >= 0.6 is 22.9 Å². The van der Waals surface area contributed by atoms with Crippen molar-refractivity contribution < 1.29 is 9.53 Å². The standard InChI is InChI=1S/C13H18ClNO2S/c1-2-3-10(15-6-8-17-9-7-15)13(16)11-4-5-12(14)18-11/h4-5,10H,2-3,6-9H2,1H3. The molecule has 1 aliphatic heterocycles. The normalized spacial score (nSPS) is 18.8. The Morgan fingerprint density at radius 3 is 2.78 bits per heavy atom. The second-order valence-electron chi connectivity index (χ2n) is 4.42. The molecule has 0 spiro atoms. The number of thiophene rings is 1. The summed E-state index contributed by atoms with van der Waals surface area (Å²) < 4.78 is 6.02. The van der Waals surface area contributed by atoms with E-state index in [4.69, 9.17) is 16.3 Å². The zero-order valence-corrected chi connectivity index (χ0v) is 12.1. The fourth-order valence-electron chi connectivity index (χ4n) is 2.25. The largest absolute Gasteiger partial charge is 0.379 e. The summed E-state index contributed by atoms with van der Waals surface area (Å²) in [5.74, 6) is 0.204. The molecule has 18 heavy (non-hydrogen) atoms. The quantitative estimate of drug-likeness (QED) is 0.780. The Morgan fingerprint density at radius 2 is 2.22 bits per heavy atom. The molecule has 100 valence electrons. The number of nitrogens with zero attached hydrogens (tertiary/aromatic N) is 1. The van der Waals surface area contributed by atoms with E-state index in [1.807, 2.05) is 6.07 Å². The van der Waals surface area contributed by atoms with Crippen molar-refractivity contribution in [3.63, 3.8) is 0 Å². The van der Waals surface area contributed by atoms with E-state index in [9.17, 15) is 4.79 Å². The lowest BCUT2D eigenvalue weighted by atomic mass is 10.0. The van der Waals surface area contributed by atoms with Gasteiger partial charge in [-0.05, 0) is 18.6 Å². The summed E-state index contributed by atoms with van der Waals surface area (Å²) in [6.45, 7) is 5.24. The van der Waals surface area contributed by atoms with Crippen molar-refractivity contribution in [1.82, 2.24) is 4.90 Å². The maximum Gasteiger partial charge on any atom is 0.189 e. The minimum absolute atomic E-state index is 0.0198. The lowest BCUT2D eigenvalue weighted by Crippen LogP contribution is -2.47. The zero-order chi connectivity index (χ0) is 13.0. The topological polar surface area (TPSA) is 29.5 Å². The number of morpholine rings is 1. The molecule has 1 aliphatic rings. The smallest absolute Gasteiger partial charge is 0.189 e. The fraction of sp³-hybridized carbons (Fsp3) is 0.615. The third-order valence-electron chi connectivity index (χ3n) is 3.17. The Kier molecular flexibility index (Phi) is 5.18. The minimum atomic E-state index is -0.0198. The van der Waals surface area contributed by atoms with E-state index in [2.05, 4.69) is 11.8 Å². The highest BCUT2D eigenvalue weighted by atomic mass is 35.5.